The van der Waals surface area contributed by atoms with Crippen LogP contribution in [0.5, 0.6) is 0 Å². The minimum atomic E-state index is -3.76. The second-order valence-corrected chi connectivity index (χ2v) is 6.23. The van der Waals surface area contributed by atoms with E-state index in [1.54, 1.807) is 6.92 Å². The van der Waals surface area contributed by atoms with Crippen LogP contribution in [0.15, 0.2) is 28.6 Å². The fraction of sp³-hybridized carbons (Fsp3) is 0.200. The monoisotopic (exact) mass is 301 g/mol. The molecule has 0 aliphatic rings. The highest BCUT2D eigenvalue weighted by Crippen LogP contribution is 2.22. The molecule has 2 rings (SSSR count). The van der Waals surface area contributed by atoms with Crippen molar-refractivity contribution in [1.29, 1.82) is 0 Å². The van der Waals surface area contributed by atoms with Crippen molar-refractivity contribution >= 4 is 26.5 Å². The van der Waals surface area contributed by atoms with E-state index in [-0.39, 0.29) is 15.6 Å². The number of aliphatic hydroxyl groups is 2. The highest BCUT2D eigenvalue weighted by Gasteiger charge is 2.19. The van der Waals surface area contributed by atoms with Gasteiger partial charge >= 0.3 is 0 Å². The normalized spacial score (nSPS) is 11.8. The van der Waals surface area contributed by atoms with Crippen LogP contribution in [0.2, 0.25) is 0 Å². The van der Waals surface area contributed by atoms with E-state index >= 15 is 0 Å². The first-order valence-corrected chi connectivity index (χ1v) is 7.52. The molecule has 0 amide bonds. The second-order valence-electron chi connectivity index (χ2n) is 3.75. The molecule has 9 heteroatoms. The van der Waals surface area contributed by atoms with E-state index in [4.69, 9.17) is 10.2 Å². The minimum Gasteiger partial charge on any atom is -0.364 e. The number of rotatable bonds is 4. The first-order chi connectivity index (χ1) is 8.90. The maximum Gasteiger partial charge on any atom is 0.263 e. The lowest BCUT2D eigenvalue weighted by atomic mass is 10.1. The average Bonchev–Trinajstić information content (AvgIpc) is 2.80. The van der Waals surface area contributed by atoms with Gasteiger partial charge in [-0.25, -0.2) is 8.42 Å². The van der Waals surface area contributed by atoms with Crippen LogP contribution in [0.25, 0.3) is 0 Å². The maximum absolute atomic E-state index is 12.1. The smallest absolute Gasteiger partial charge is 0.263 e. The summed E-state index contributed by atoms with van der Waals surface area (Å²) in [6.07, 6.45) is -1.63. The van der Waals surface area contributed by atoms with Crippen molar-refractivity contribution in [3.05, 3.63) is 34.8 Å². The van der Waals surface area contributed by atoms with E-state index in [0.29, 0.717) is 5.56 Å². The first-order valence-electron chi connectivity index (χ1n) is 5.16. The van der Waals surface area contributed by atoms with Gasteiger partial charge in [-0.2, -0.15) is 0 Å². The van der Waals surface area contributed by atoms with E-state index in [2.05, 4.69) is 14.9 Å². The second kappa shape index (κ2) is 5.21. The molecule has 0 aliphatic carbocycles. The number of benzene rings is 1. The Labute approximate surface area is 113 Å². The van der Waals surface area contributed by atoms with Gasteiger partial charge < -0.3 is 10.2 Å². The van der Waals surface area contributed by atoms with Crippen LogP contribution in [0.1, 0.15) is 17.4 Å². The predicted molar refractivity (Wildman–Crippen MR) is 69.1 cm³/mol. The van der Waals surface area contributed by atoms with Crippen molar-refractivity contribution in [1.82, 2.24) is 10.2 Å². The summed E-state index contributed by atoms with van der Waals surface area (Å²) in [6.45, 7) is 1.57. The van der Waals surface area contributed by atoms with Crippen LogP contribution in [-0.4, -0.2) is 28.8 Å². The summed E-state index contributed by atoms with van der Waals surface area (Å²) in [5.74, 6) is 0. The molecule has 7 nitrogen and oxygen atoms in total. The van der Waals surface area contributed by atoms with E-state index < -0.39 is 16.3 Å². The summed E-state index contributed by atoms with van der Waals surface area (Å²) in [5.41, 5.74) is 2.05. The van der Waals surface area contributed by atoms with Gasteiger partial charge in [-0.05, 0) is 24.6 Å². The molecule has 0 radical (unpaired) electrons. The zero-order chi connectivity index (χ0) is 14.0. The number of hydrogen-bond acceptors (Lipinski definition) is 7. The molecule has 19 heavy (non-hydrogen) atoms. The quantitative estimate of drug-likeness (QED) is 0.714. The van der Waals surface area contributed by atoms with Gasteiger partial charge in [0.2, 0.25) is 5.13 Å². The lowest BCUT2D eigenvalue weighted by Crippen LogP contribution is -2.14. The molecule has 0 aliphatic heterocycles. The van der Waals surface area contributed by atoms with Crippen LogP contribution in [0, 0.1) is 6.92 Å². The molecule has 0 atom stereocenters. The van der Waals surface area contributed by atoms with Crippen molar-refractivity contribution in [3.8, 4) is 0 Å². The fourth-order valence-corrected chi connectivity index (χ4v) is 3.44. The maximum atomic E-state index is 12.1. The summed E-state index contributed by atoms with van der Waals surface area (Å²) in [6, 6.07) is 4.05. The molecule has 0 unspecified atom stereocenters. The van der Waals surface area contributed by atoms with E-state index in [1.807, 2.05) is 0 Å². The Morgan fingerprint density at radius 2 is 2.11 bits per heavy atom. The topological polar surface area (TPSA) is 112 Å². The molecule has 1 heterocycles. The number of aliphatic hydroxyl groups excluding tert-OH is 1. The van der Waals surface area contributed by atoms with Gasteiger partial charge in [0.15, 0.2) is 6.29 Å². The number of sulfonamides is 1. The molecule has 0 saturated heterocycles. The Morgan fingerprint density at radius 3 is 2.63 bits per heavy atom. The van der Waals surface area contributed by atoms with Crippen molar-refractivity contribution in [2.45, 2.75) is 18.1 Å². The fourth-order valence-electron chi connectivity index (χ4n) is 1.52. The Balaban J connectivity index is 2.36. The summed E-state index contributed by atoms with van der Waals surface area (Å²) < 4.78 is 26.5. The summed E-state index contributed by atoms with van der Waals surface area (Å²) in [4.78, 5) is 0.0482. The third-order valence-electron chi connectivity index (χ3n) is 2.37. The Hall–Kier alpha value is -1.55. The molecule has 1 aromatic carbocycles. The Kier molecular flexibility index (Phi) is 3.80. The van der Waals surface area contributed by atoms with Crippen LogP contribution >= 0.6 is 11.3 Å². The van der Waals surface area contributed by atoms with E-state index in [1.165, 1.54) is 23.7 Å². The van der Waals surface area contributed by atoms with Gasteiger partial charge in [0.05, 0.1) is 4.90 Å². The van der Waals surface area contributed by atoms with Gasteiger partial charge in [-0.15, -0.1) is 10.2 Å². The first kappa shape index (κ1) is 13.9. The van der Waals surface area contributed by atoms with Crippen molar-refractivity contribution in [3.63, 3.8) is 0 Å². The minimum absolute atomic E-state index is 0.0482. The highest BCUT2D eigenvalue weighted by molar-refractivity contribution is 7.93. The van der Waals surface area contributed by atoms with Crippen molar-refractivity contribution < 1.29 is 18.6 Å². The SMILES string of the molecule is Cc1cc(C(O)O)ccc1S(=O)(=O)Nc1nncs1. The van der Waals surface area contributed by atoms with Crippen LogP contribution in [0.3, 0.4) is 0 Å². The van der Waals surface area contributed by atoms with Gasteiger partial charge in [-0.3, -0.25) is 4.72 Å². The van der Waals surface area contributed by atoms with E-state index in [9.17, 15) is 8.42 Å². The average molecular weight is 301 g/mol. The summed E-state index contributed by atoms with van der Waals surface area (Å²) >= 11 is 1.07. The molecule has 0 fully saturated rings. The van der Waals surface area contributed by atoms with Crippen LogP contribution < -0.4 is 4.72 Å². The molecule has 102 valence electrons. The van der Waals surface area contributed by atoms with Gasteiger partial charge in [-0.1, -0.05) is 17.4 Å². The number of hydrogen-bond donors (Lipinski definition) is 3. The lowest BCUT2D eigenvalue weighted by molar-refractivity contribution is -0.0425. The van der Waals surface area contributed by atoms with E-state index in [0.717, 1.165) is 11.3 Å². The van der Waals surface area contributed by atoms with Crippen LogP contribution in [0.4, 0.5) is 5.13 Å². The molecule has 0 spiro atoms. The summed E-state index contributed by atoms with van der Waals surface area (Å²) in [7, 11) is -3.76. The third-order valence-corrected chi connectivity index (χ3v) is 4.60. The summed E-state index contributed by atoms with van der Waals surface area (Å²) in [5, 5.41) is 25.4. The van der Waals surface area contributed by atoms with Crippen molar-refractivity contribution in [2.75, 3.05) is 4.72 Å². The Morgan fingerprint density at radius 1 is 1.37 bits per heavy atom. The lowest BCUT2D eigenvalue weighted by Gasteiger charge is -2.10. The van der Waals surface area contributed by atoms with Gasteiger partial charge in [0.25, 0.3) is 10.0 Å². The molecular formula is C10H11N3O4S2. The Bertz CT molecular complexity index is 668. The zero-order valence-corrected chi connectivity index (χ0v) is 11.4. The molecule has 1 aromatic heterocycles. The van der Waals surface area contributed by atoms with Crippen molar-refractivity contribution in [2.24, 2.45) is 0 Å². The number of aromatic nitrogens is 2. The van der Waals surface area contributed by atoms with Gasteiger partial charge in [0.1, 0.15) is 5.51 Å². The van der Waals surface area contributed by atoms with Gasteiger partial charge in [0, 0.05) is 5.56 Å². The highest BCUT2D eigenvalue weighted by atomic mass is 32.2. The largest absolute Gasteiger partial charge is 0.364 e. The molecule has 3 N–H and O–H groups in total. The molecule has 0 saturated carbocycles. The molecular weight excluding hydrogens is 290 g/mol. The standard InChI is InChI=1S/C10H11N3O4S2/c1-6-4-7(9(14)15)2-3-8(6)19(16,17)13-10-12-11-5-18-10/h2-5,9,14-15H,1H3,(H,12,13). The number of anilines is 1. The molecule has 2 aromatic rings. The zero-order valence-electron chi connectivity index (χ0n) is 9.81. The number of nitrogens with one attached hydrogen (secondary N) is 1. The number of aryl methyl sites for hydroxylation is 1. The predicted octanol–water partition coefficient (Wildman–Crippen LogP) is 0.631. The third kappa shape index (κ3) is 3.07. The molecule has 0 bridgehead atoms. The van der Waals surface area contributed by atoms with Crippen LogP contribution in [-0.2, 0) is 10.0 Å². The number of nitrogens with zero attached hydrogens (tertiary/aromatic N) is 2.